The molecule has 0 saturated heterocycles. The van der Waals surface area contributed by atoms with Gasteiger partial charge in [-0.25, -0.2) is 4.79 Å². The summed E-state index contributed by atoms with van der Waals surface area (Å²) in [6.45, 7) is 2.04. The number of esters is 1. The van der Waals surface area contributed by atoms with E-state index < -0.39 is 5.97 Å². The number of amides is 1. The monoisotopic (exact) mass is 431 g/mol. The Morgan fingerprint density at radius 3 is 2.34 bits per heavy atom. The zero-order chi connectivity index (χ0) is 21.1. The molecule has 5 nitrogen and oxygen atoms in total. The van der Waals surface area contributed by atoms with E-state index in [1.807, 2.05) is 24.3 Å². The van der Waals surface area contributed by atoms with Gasteiger partial charge in [0.25, 0.3) is 5.91 Å². The smallest absolute Gasteiger partial charge is 0.340 e. The number of ether oxygens (including phenoxy) is 2. The van der Waals surface area contributed by atoms with E-state index in [-0.39, 0.29) is 17.1 Å². The van der Waals surface area contributed by atoms with Gasteiger partial charge in [-0.15, -0.1) is 0 Å². The van der Waals surface area contributed by atoms with Crippen molar-refractivity contribution in [2.45, 2.75) is 13.5 Å². The average molecular weight is 432 g/mol. The Morgan fingerprint density at radius 2 is 1.76 bits per heavy atom. The first-order valence-electron chi connectivity index (χ1n) is 8.76. The van der Waals surface area contributed by atoms with Crippen LogP contribution in [0.15, 0.2) is 59.3 Å². The standard InChI is InChI=1S/C22H19Cl2NO4/c1-13-20(22(27)29-3)17(10-15-6-9-18(23)19(24)11-15)21(26)25(13)12-14-4-7-16(28-2)8-5-14/h4-11H,12H2,1-3H3/b17-10-. The number of carbonyl (C=O) groups excluding carboxylic acids is 2. The molecule has 1 aliphatic heterocycles. The number of hydrogen-bond acceptors (Lipinski definition) is 4. The number of allylic oxidation sites excluding steroid dienone is 1. The van der Waals surface area contributed by atoms with E-state index in [0.29, 0.717) is 27.9 Å². The summed E-state index contributed by atoms with van der Waals surface area (Å²) in [5, 5.41) is 0.773. The second kappa shape index (κ2) is 8.72. The van der Waals surface area contributed by atoms with Crippen molar-refractivity contribution in [2.75, 3.05) is 14.2 Å². The van der Waals surface area contributed by atoms with E-state index in [2.05, 4.69) is 0 Å². The minimum absolute atomic E-state index is 0.233. The van der Waals surface area contributed by atoms with Gasteiger partial charge >= 0.3 is 5.97 Å². The number of methoxy groups -OCH3 is 2. The van der Waals surface area contributed by atoms with Crippen LogP contribution in [-0.4, -0.2) is 31.0 Å². The second-order valence-corrected chi connectivity index (χ2v) is 7.24. The molecule has 0 bridgehead atoms. The van der Waals surface area contributed by atoms with Gasteiger partial charge in [0.15, 0.2) is 0 Å². The molecule has 0 atom stereocenters. The van der Waals surface area contributed by atoms with Crippen LogP contribution < -0.4 is 4.74 Å². The first-order chi connectivity index (χ1) is 13.8. The lowest BCUT2D eigenvalue weighted by Crippen LogP contribution is -2.24. The number of carbonyl (C=O) groups is 2. The maximum atomic E-state index is 13.2. The highest BCUT2D eigenvalue weighted by atomic mass is 35.5. The highest BCUT2D eigenvalue weighted by molar-refractivity contribution is 6.42. The third-order valence-electron chi connectivity index (χ3n) is 4.66. The number of nitrogens with zero attached hydrogens (tertiary/aromatic N) is 1. The van der Waals surface area contributed by atoms with Gasteiger partial charge in [-0.2, -0.15) is 0 Å². The van der Waals surface area contributed by atoms with E-state index in [1.54, 1.807) is 43.2 Å². The molecule has 1 amide bonds. The lowest BCUT2D eigenvalue weighted by molar-refractivity contribution is -0.136. The zero-order valence-electron chi connectivity index (χ0n) is 16.2. The first kappa shape index (κ1) is 21.0. The Balaban J connectivity index is 2.00. The molecule has 0 saturated carbocycles. The van der Waals surface area contributed by atoms with Crippen LogP contribution in [0, 0.1) is 0 Å². The predicted octanol–water partition coefficient (Wildman–Crippen LogP) is 4.87. The third-order valence-corrected chi connectivity index (χ3v) is 5.39. The van der Waals surface area contributed by atoms with Gasteiger partial charge in [0, 0.05) is 5.70 Å². The van der Waals surface area contributed by atoms with Crippen molar-refractivity contribution in [3.05, 3.63) is 80.5 Å². The molecule has 7 heteroatoms. The van der Waals surface area contributed by atoms with Gasteiger partial charge in [-0.3, -0.25) is 4.79 Å². The number of halogens is 2. The quantitative estimate of drug-likeness (QED) is 0.500. The topological polar surface area (TPSA) is 55.8 Å². The summed E-state index contributed by atoms with van der Waals surface area (Å²) in [5.41, 5.74) is 2.57. The van der Waals surface area contributed by atoms with Gasteiger partial charge in [0.05, 0.1) is 42.0 Å². The Bertz CT molecular complexity index is 1030. The van der Waals surface area contributed by atoms with Crippen LogP contribution in [0.2, 0.25) is 10.0 Å². The molecular formula is C22H19Cl2NO4. The van der Waals surface area contributed by atoms with Crippen molar-refractivity contribution < 1.29 is 19.1 Å². The molecule has 0 fully saturated rings. The van der Waals surface area contributed by atoms with Crippen molar-refractivity contribution in [3.63, 3.8) is 0 Å². The fraction of sp³-hybridized carbons (Fsp3) is 0.182. The number of benzene rings is 2. The Morgan fingerprint density at radius 1 is 1.07 bits per heavy atom. The molecule has 3 rings (SSSR count). The van der Waals surface area contributed by atoms with Crippen molar-refractivity contribution in [2.24, 2.45) is 0 Å². The molecule has 2 aromatic rings. The van der Waals surface area contributed by atoms with Crippen LogP contribution >= 0.6 is 23.2 Å². The summed E-state index contributed by atoms with van der Waals surface area (Å²) in [4.78, 5) is 27.1. The fourth-order valence-electron chi connectivity index (χ4n) is 3.10. The van der Waals surface area contributed by atoms with Crippen molar-refractivity contribution in [1.29, 1.82) is 0 Å². The fourth-order valence-corrected chi connectivity index (χ4v) is 3.41. The lowest BCUT2D eigenvalue weighted by Gasteiger charge is -2.18. The summed E-state index contributed by atoms with van der Waals surface area (Å²) in [5.74, 6) is -0.131. The normalized spacial score (nSPS) is 15.3. The van der Waals surface area contributed by atoms with Crippen LogP contribution in [0.1, 0.15) is 18.1 Å². The minimum atomic E-state index is -0.570. The van der Waals surface area contributed by atoms with Gasteiger partial charge in [0.1, 0.15) is 5.75 Å². The van der Waals surface area contributed by atoms with E-state index >= 15 is 0 Å². The van der Waals surface area contributed by atoms with Gasteiger partial charge < -0.3 is 14.4 Å². The molecule has 0 spiro atoms. The largest absolute Gasteiger partial charge is 0.497 e. The summed E-state index contributed by atoms with van der Waals surface area (Å²) < 4.78 is 10.1. The molecule has 0 unspecified atom stereocenters. The van der Waals surface area contributed by atoms with Crippen LogP contribution in [0.25, 0.3) is 6.08 Å². The molecule has 2 aromatic carbocycles. The molecular weight excluding hydrogens is 413 g/mol. The van der Waals surface area contributed by atoms with Gasteiger partial charge in [0.2, 0.25) is 0 Å². The van der Waals surface area contributed by atoms with E-state index in [9.17, 15) is 9.59 Å². The maximum absolute atomic E-state index is 13.2. The molecule has 0 radical (unpaired) electrons. The van der Waals surface area contributed by atoms with Crippen LogP contribution in [0.5, 0.6) is 5.75 Å². The van der Waals surface area contributed by atoms with Crippen LogP contribution in [0.3, 0.4) is 0 Å². The molecule has 0 aliphatic carbocycles. The zero-order valence-corrected chi connectivity index (χ0v) is 17.7. The third kappa shape index (κ3) is 4.31. The highest BCUT2D eigenvalue weighted by Crippen LogP contribution is 2.34. The lowest BCUT2D eigenvalue weighted by atomic mass is 10.0. The van der Waals surface area contributed by atoms with Crippen molar-refractivity contribution in [3.8, 4) is 5.75 Å². The van der Waals surface area contributed by atoms with Gasteiger partial charge in [-0.05, 0) is 48.4 Å². The van der Waals surface area contributed by atoms with Crippen molar-refractivity contribution in [1.82, 2.24) is 4.90 Å². The molecule has 1 heterocycles. The predicted molar refractivity (Wildman–Crippen MR) is 113 cm³/mol. The molecule has 150 valence electrons. The second-order valence-electron chi connectivity index (χ2n) is 6.42. The Labute approximate surface area is 179 Å². The SMILES string of the molecule is COC(=O)C1=C(C)N(Cc2ccc(OC)cc2)C(=O)/C1=C\c1ccc(Cl)c(Cl)c1. The molecule has 0 N–H and O–H groups in total. The maximum Gasteiger partial charge on any atom is 0.340 e. The summed E-state index contributed by atoms with van der Waals surface area (Å²) in [6, 6.07) is 12.4. The minimum Gasteiger partial charge on any atom is -0.497 e. The van der Waals surface area contributed by atoms with E-state index in [4.69, 9.17) is 32.7 Å². The number of rotatable bonds is 5. The molecule has 1 aliphatic rings. The highest BCUT2D eigenvalue weighted by Gasteiger charge is 2.37. The Hall–Kier alpha value is -2.76. The molecule has 29 heavy (non-hydrogen) atoms. The number of hydrogen-bond donors (Lipinski definition) is 0. The van der Waals surface area contributed by atoms with E-state index in [0.717, 1.165) is 11.3 Å². The summed E-state index contributed by atoms with van der Waals surface area (Å²) >= 11 is 12.0. The van der Waals surface area contributed by atoms with E-state index in [1.165, 1.54) is 7.11 Å². The van der Waals surface area contributed by atoms with Crippen LogP contribution in [0.4, 0.5) is 0 Å². The van der Waals surface area contributed by atoms with Crippen LogP contribution in [-0.2, 0) is 20.9 Å². The average Bonchev–Trinajstić information content (AvgIpc) is 2.95. The van der Waals surface area contributed by atoms with Gasteiger partial charge in [-0.1, -0.05) is 41.4 Å². The Kier molecular flexibility index (Phi) is 6.30. The van der Waals surface area contributed by atoms with Crippen molar-refractivity contribution >= 4 is 41.2 Å². The summed E-state index contributed by atoms with van der Waals surface area (Å²) in [6.07, 6.45) is 1.62. The summed E-state index contributed by atoms with van der Waals surface area (Å²) in [7, 11) is 2.88. The first-order valence-corrected chi connectivity index (χ1v) is 9.52. The molecule has 0 aromatic heterocycles.